The van der Waals surface area contributed by atoms with E-state index in [9.17, 15) is 4.79 Å². The second-order valence-electron chi connectivity index (χ2n) is 5.33. The van der Waals surface area contributed by atoms with Gasteiger partial charge in [-0.1, -0.05) is 36.4 Å². The van der Waals surface area contributed by atoms with E-state index < -0.39 is 0 Å². The number of hydrogen-bond acceptors (Lipinski definition) is 3. The van der Waals surface area contributed by atoms with Crippen LogP contribution < -0.4 is 10.6 Å². The Labute approximate surface area is 132 Å². The number of carbonyl (C=O) groups excluding carboxylic acids is 1. The Hall–Kier alpha value is -2.29. The van der Waals surface area contributed by atoms with Crippen LogP contribution in [0, 0.1) is 0 Å². The molecule has 0 unspecified atom stereocenters. The molecule has 2 rings (SSSR count). The summed E-state index contributed by atoms with van der Waals surface area (Å²) in [6, 6.07) is 20.2. The minimum Gasteiger partial charge on any atom is -0.385 e. The maximum absolute atomic E-state index is 11.8. The van der Waals surface area contributed by atoms with Gasteiger partial charge in [0.1, 0.15) is 5.78 Å². The number of benzene rings is 2. The molecule has 0 spiro atoms. The molecule has 2 N–H and O–H groups in total. The fourth-order valence-electron chi connectivity index (χ4n) is 2.27. The van der Waals surface area contributed by atoms with Crippen molar-refractivity contribution >= 4 is 17.2 Å². The predicted molar refractivity (Wildman–Crippen MR) is 93.3 cm³/mol. The molecule has 2 aromatic carbocycles. The van der Waals surface area contributed by atoms with E-state index in [2.05, 4.69) is 10.6 Å². The summed E-state index contributed by atoms with van der Waals surface area (Å²) >= 11 is 0. The molecule has 3 nitrogen and oxygen atoms in total. The van der Waals surface area contributed by atoms with Gasteiger partial charge < -0.3 is 10.6 Å². The zero-order chi connectivity index (χ0) is 15.5. The molecule has 0 bridgehead atoms. The van der Waals surface area contributed by atoms with E-state index in [0.29, 0.717) is 18.6 Å². The molecule has 0 amide bonds. The van der Waals surface area contributed by atoms with E-state index >= 15 is 0 Å². The Morgan fingerprint density at radius 2 is 1.09 bits per heavy atom. The summed E-state index contributed by atoms with van der Waals surface area (Å²) in [6.45, 7) is 1.69. The van der Waals surface area contributed by atoms with Crippen LogP contribution in [0.1, 0.15) is 25.7 Å². The largest absolute Gasteiger partial charge is 0.385 e. The summed E-state index contributed by atoms with van der Waals surface area (Å²) < 4.78 is 0. The van der Waals surface area contributed by atoms with Gasteiger partial charge in [0.25, 0.3) is 0 Å². The van der Waals surface area contributed by atoms with E-state index in [-0.39, 0.29) is 0 Å². The molecule has 0 saturated carbocycles. The van der Waals surface area contributed by atoms with Crippen molar-refractivity contribution < 1.29 is 4.79 Å². The van der Waals surface area contributed by atoms with E-state index in [4.69, 9.17) is 0 Å². The van der Waals surface area contributed by atoms with Crippen molar-refractivity contribution in [1.82, 2.24) is 0 Å². The van der Waals surface area contributed by atoms with Gasteiger partial charge in [0.05, 0.1) is 0 Å². The minimum absolute atomic E-state index is 0.352. The van der Waals surface area contributed by atoms with Crippen LogP contribution in [0.25, 0.3) is 0 Å². The first-order valence-corrected chi connectivity index (χ1v) is 7.94. The quantitative estimate of drug-likeness (QED) is 0.641. The highest BCUT2D eigenvalue weighted by atomic mass is 16.1. The molecule has 0 aliphatic carbocycles. The molecule has 2 aromatic rings. The molecule has 3 heteroatoms. The number of para-hydroxylation sites is 2. The number of rotatable bonds is 10. The van der Waals surface area contributed by atoms with Gasteiger partial charge in [-0.2, -0.15) is 0 Å². The monoisotopic (exact) mass is 296 g/mol. The average Bonchev–Trinajstić information content (AvgIpc) is 2.57. The number of ketones is 1. The normalized spacial score (nSPS) is 10.2. The molecule has 0 aliphatic heterocycles. The lowest BCUT2D eigenvalue weighted by molar-refractivity contribution is -0.119. The summed E-state index contributed by atoms with van der Waals surface area (Å²) in [7, 11) is 0. The summed E-state index contributed by atoms with van der Waals surface area (Å²) in [5.74, 6) is 0.352. The first-order chi connectivity index (χ1) is 10.8. The topological polar surface area (TPSA) is 41.1 Å². The molecule has 0 aliphatic rings. The van der Waals surface area contributed by atoms with Gasteiger partial charge in [0, 0.05) is 37.3 Å². The molecular formula is C19H24N2O. The Morgan fingerprint density at radius 3 is 1.50 bits per heavy atom. The van der Waals surface area contributed by atoms with Crippen LogP contribution in [0.15, 0.2) is 60.7 Å². The van der Waals surface area contributed by atoms with Gasteiger partial charge in [-0.05, 0) is 37.1 Å². The molecule has 116 valence electrons. The summed E-state index contributed by atoms with van der Waals surface area (Å²) in [6.07, 6.45) is 3.09. The van der Waals surface area contributed by atoms with E-state index in [0.717, 1.165) is 37.3 Å². The lowest BCUT2D eigenvalue weighted by Crippen LogP contribution is -2.08. The summed E-state index contributed by atoms with van der Waals surface area (Å²) in [4.78, 5) is 11.8. The minimum atomic E-state index is 0.352. The average molecular weight is 296 g/mol. The highest BCUT2D eigenvalue weighted by Gasteiger charge is 2.01. The predicted octanol–water partition coefficient (Wildman–Crippen LogP) is 4.34. The van der Waals surface area contributed by atoms with Gasteiger partial charge in [0.2, 0.25) is 0 Å². The first-order valence-electron chi connectivity index (χ1n) is 7.94. The molecule has 0 heterocycles. The smallest absolute Gasteiger partial charge is 0.133 e. The van der Waals surface area contributed by atoms with Crippen LogP contribution >= 0.6 is 0 Å². The Bertz CT molecular complexity index is 490. The second-order valence-corrected chi connectivity index (χ2v) is 5.33. The molecule has 0 fully saturated rings. The molecule has 22 heavy (non-hydrogen) atoms. The molecule has 0 aromatic heterocycles. The van der Waals surface area contributed by atoms with E-state index in [1.165, 1.54) is 0 Å². The summed E-state index contributed by atoms with van der Waals surface area (Å²) in [5.41, 5.74) is 2.23. The number of anilines is 2. The van der Waals surface area contributed by atoms with Crippen molar-refractivity contribution in [2.45, 2.75) is 25.7 Å². The molecular weight excluding hydrogens is 272 g/mol. The van der Waals surface area contributed by atoms with Gasteiger partial charge in [-0.25, -0.2) is 0 Å². The van der Waals surface area contributed by atoms with Crippen molar-refractivity contribution in [3.8, 4) is 0 Å². The highest BCUT2D eigenvalue weighted by Crippen LogP contribution is 2.07. The number of nitrogens with one attached hydrogen (secondary N) is 2. The fourth-order valence-corrected chi connectivity index (χ4v) is 2.27. The third-order valence-electron chi connectivity index (χ3n) is 3.47. The van der Waals surface area contributed by atoms with E-state index in [1.807, 2.05) is 60.7 Å². The lowest BCUT2D eigenvalue weighted by atomic mass is 10.1. The number of Topliss-reactive ketones (excluding diaryl/α,β-unsaturated/α-hetero) is 1. The van der Waals surface area contributed by atoms with E-state index in [1.54, 1.807) is 0 Å². The van der Waals surface area contributed by atoms with Crippen LogP contribution in [0.3, 0.4) is 0 Å². The zero-order valence-corrected chi connectivity index (χ0v) is 12.9. The fraction of sp³-hybridized carbons (Fsp3) is 0.316. The van der Waals surface area contributed by atoms with Crippen LogP contribution in [-0.2, 0) is 4.79 Å². The van der Waals surface area contributed by atoms with Crippen molar-refractivity contribution in [3.05, 3.63) is 60.7 Å². The van der Waals surface area contributed by atoms with Crippen LogP contribution in [-0.4, -0.2) is 18.9 Å². The third kappa shape index (κ3) is 6.44. The SMILES string of the molecule is O=C(CCCNc1ccccc1)CCCNc1ccccc1. The number of hydrogen-bond donors (Lipinski definition) is 2. The first kappa shape index (κ1) is 16.1. The summed E-state index contributed by atoms with van der Waals surface area (Å²) in [5, 5.41) is 6.65. The van der Waals surface area contributed by atoms with Crippen molar-refractivity contribution in [2.75, 3.05) is 23.7 Å². The number of carbonyl (C=O) groups is 1. The van der Waals surface area contributed by atoms with Gasteiger partial charge in [-0.3, -0.25) is 4.79 Å². The lowest BCUT2D eigenvalue weighted by Gasteiger charge is -2.07. The van der Waals surface area contributed by atoms with Gasteiger partial charge in [0.15, 0.2) is 0 Å². The zero-order valence-electron chi connectivity index (χ0n) is 12.9. The third-order valence-corrected chi connectivity index (χ3v) is 3.47. The second kappa shape index (κ2) is 9.61. The van der Waals surface area contributed by atoms with Crippen molar-refractivity contribution in [3.63, 3.8) is 0 Å². The van der Waals surface area contributed by atoms with Crippen molar-refractivity contribution in [2.24, 2.45) is 0 Å². The van der Waals surface area contributed by atoms with Gasteiger partial charge in [-0.15, -0.1) is 0 Å². The van der Waals surface area contributed by atoms with Crippen LogP contribution in [0.2, 0.25) is 0 Å². The maximum Gasteiger partial charge on any atom is 0.133 e. The van der Waals surface area contributed by atoms with Gasteiger partial charge >= 0.3 is 0 Å². The molecule has 0 radical (unpaired) electrons. The van der Waals surface area contributed by atoms with Crippen LogP contribution in [0.5, 0.6) is 0 Å². The maximum atomic E-state index is 11.8. The Kier molecular flexibility index (Phi) is 7.03. The Balaban J connectivity index is 1.49. The molecule has 0 atom stereocenters. The standard InChI is InChI=1S/C19H24N2O/c22-19(13-7-15-20-17-9-3-1-4-10-17)14-8-16-21-18-11-5-2-6-12-18/h1-6,9-12,20-21H,7-8,13-16H2. The highest BCUT2D eigenvalue weighted by molar-refractivity contribution is 5.78. The Morgan fingerprint density at radius 1 is 0.682 bits per heavy atom. The van der Waals surface area contributed by atoms with Crippen molar-refractivity contribution in [1.29, 1.82) is 0 Å². The van der Waals surface area contributed by atoms with Crippen LogP contribution in [0.4, 0.5) is 11.4 Å². The molecule has 0 saturated heterocycles.